The van der Waals surface area contributed by atoms with E-state index >= 15 is 0 Å². The number of hydrogen-bond donors (Lipinski definition) is 5. The van der Waals surface area contributed by atoms with Crippen LogP contribution in [-0.2, 0) is 0 Å². The quantitative estimate of drug-likeness (QED) is 0.225. The third-order valence-electron chi connectivity index (χ3n) is 3.72. The van der Waals surface area contributed by atoms with Crippen molar-refractivity contribution in [3.8, 4) is 11.5 Å². The molecule has 0 aliphatic heterocycles. The van der Waals surface area contributed by atoms with Crippen LogP contribution in [0.4, 0.5) is 0 Å². The summed E-state index contributed by atoms with van der Waals surface area (Å²) >= 11 is 0. The lowest BCUT2D eigenvalue weighted by Crippen LogP contribution is -2.18. The van der Waals surface area contributed by atoms with Gasteiger partial charge in [-0.3, -0.25) is 10.8 Å². The van der Waals surface area contributed by atoms with Gasteiger partial charge in [-0.1, -0.05) is 0 Å². The van der Waals surface area contributed by atoms with E-state index in [-0.39, 0.29) is 43.1 Å². The molecule has 0 saturated heterocycles. The highest BCUT2D eigenvalue weighted by Gasteiger charge is 2.06. The van der Waals surface area contributed by atoms with E-state index in [9.17, 15) is 5.11 Å². The molecule has 0 heterocycles. The minimum absolute atomic E-state index is 0. The number of aliphatic hydroxyl groups is 1. The van der Waals surface area contributed by atoms with Crippen molar-refractivity contribution in [1.82, 2.24) is 0 Å². The van der Waals surface area contributed by atoms with E-state index in [0.29, 0.717) is 42.1 Å². The van der Waals surface area contributed by atoms with E-state index in [2.05, 4.69) is 0 Å². The molecule has 1 atom stereocenters. The Labute approximate surface area is 176 Å². The second-order valence-corrected chi connectivity index (χ2v) is 5.83. The number of benzene rings is 2. The summed E-state index contributed by atoms with van der Waals surface area (Å²) in [5, 5.41) is 24.6. The molecule has 0 aliphatic rings. The molecule has 2 rings (SSSR count). The molecule has 28 heavy (non-hydrogen) atoms. The third kappa shape index (κ3) is 8.47. The topological polar surface area (TPSA) is 138 Å². The number of amidine groups is 2. The van der Waals surface area contributed by atoms with Gasteiger partial charge in [0.2, 0.25) is 0 Å². The molecule has 0 amide bonds. The largest absolute Gasteiger partial charge is 0.494 e. The summed E-state index contributed by atoms with van der Waals surface area (Å²) in [4.78, 5) is 0. The van der Waals surface area contributed by atoms with Crippen LogP contribution in [0.3, 0.4) is 0 Å². The molecule has 0 fully saturated rings. The molecular formula is C19H26Cl2N4O3. The molecule has 0 spiro atoms. The molecule has 0 bridgehead atoms. The molecule has 0 saturated carbocycles. The Bertz CT molecular complexity index is 740. The summed E-state index contributed by atoms with van der Waals surface area (Å²) in [5.74, 6) is 1.35. The molecule has 0 aromatic heterocycles. The van der Waals surface area contributed by atoms with Crippen molar-refractivity contribution in [2.24, 2.45) is 11.5 Å². The van der Waals surface area contributed by atoms with Gasteiger partial charge in [0.25, 0.3) is 0 Å². The molecule has 9 heteroatoms. The van der Waals surface area contributed by atoms with E-state index in [1.807, 2.05) is 0 Å². The smallest absolute Gasteiger partial charge is 0.122 e. The first-order chi connectivity index (χ1) is 12.5. The predicted molar refractivity (Wildman–Crippen MR) is 116 cm³/mol. The summed E-state index contributed by atoms with van der Waals surface area (Å²) in [7, 11) is 0. The molecule has 7 N–H and O–H groups in total. The fraction of sp³-hybridized carbons (Fsp3) is 0.263. The Morgan fingerprint density at radius 3 is 1.68 bits per heavy atom. The number of halogens is 2. The van der Waals surface area contributed by atoms with Gasteiger partial charge in [0.1, 0.15) is 29.8 Å². The standard InChI is InChI=1S/C19H24N4O3.2ClH/c20-18(21)13-3-7-16(8-4-13)25-11-1-2-15(24)12-26-17-9-5-14(6-10-17)19(22)23;;/h3-10,15,24H,1-2,11-12H2,(H3,20,21)(H3,22,23);2*1H. The number of aliphatic hydroxyl groups excluding tert-OH is 1. The van der Waals surface area contributed by atoms with Crippen LogP contribution in [0.5, 0.6) is 11.5 Å². The van der Waals surface area contributed by atoms with E-state index in [4.69, 9.17) is 31.8 Å². The average molecular weight is 429 g/mol. The van der Waals surface area contributed by atoms with Crippen molar-refractivity contribution in [3.63, 3.8) is 0 Å². The lowest BCUT2D eigenvalue weighted by molar-refractivity contribution is 0.0938. The summed E-state index contributed by atoms with van der Waals surface area (Å²) in [6.45, 7) is 0.663. The second kappa shape index (κ2) is 12.8. The average Bonchev–Trinajstić information content (AvgIpc) is 2.64. The SMILES string of the molecule is Cl.Cl.N=C(N)c1ccc(OCCCC(O)COc2ccc(C(=N)N)cc2)cc1. The second-order valence-electron chi connectivity index (χ2n) is 5.83. The first-order valence-electron chi connectivity index (χ1n) is 8.28. The Kier molecular flexibility index (Phi) is 11.7. The number of rotatable bonds is 10. The fourth-order valence-electron chi connectivity index (χ4n) is 2.25. The first-order valence-corrected chi connectivity index (χ1v) is 8.28. The van der Waals surface area contributed by atoms with Gasteiger partial charge in [0.15, 0.2) is 0 Å². The van der Waals surface area contributed by atoms with Crippen LogP contribution < -0.4 is 20.9 Å². The zero-order valence-corrected chi connectivity index (χ0v) is 16.9. The van der Waals surface area contributed by atoms with Crippen LogP contribution >= 0.6 is 24.8 Å². The molecule has 0 radical (unpaired) electrons. The van der Waals surface area contributed by atoms with E-state index < -0.39 is 6.10 Å². The zero-order chi connectivity index (χ0) is 18.9. The van der Waals surface area contributed by atoms with Gasteiger partial charge in [-0.15, -0.1) is 24.8 Å². The highest BCUT2D eigenvalue weighted by Crippen LogP contribution is 2.14. The highest BCUT2D eigenvalue weighted by atomic mass is 35.5. The molecule has 7 nitrogen and oxygen atoms in total. The van der Waals surface area contributed by atoms with Crippen molar-refractivity contribution >= 4 is 36.5 Å². The van der Waals surface area contributed by atoms with Gasteiger partial charge in [-0.2, -0.15) is 0 Å². The normalized spacial score (nSPS) is 10.8. The lowest BCUT2D eigenvalue weighted by atomic mass is 10.2. The predicted octanol–water partition coefficient (Wildman–Crippen LogP) is 2.70. The maximum Gasteiger partial charge on any atom is 0.122 e. The van der Waals surface area contributed by atoms with Gasteiger partial charge in [-0.05, 0) is 61.4 Å². The number of nitrogen functional groups attached to an aromatic ring is 2. The maximum absolute atomic E-state index is 9.98. The van der Waals surface area contributed by atoms with Gasteiger partial charge >= 0.3 is 0 Å². The number of nitrogens with two attached hydrogens (primary N) is 2. The summed E-state index contributed by atoms with van der Waals surface area (Å²) in [6, 6.07) is 13.8. The monoisotopic (exact) mass is 428 g/mol. The Balaban J connectivity index is 0.00000364. The summed E-state index contributed by atoms with van der Waals surface area (Å²) in [5.41, 5.74) is 12.1. The Morgan fingerprint density at radius 1 is 0.821 bits per heavy atom. The molecule has 2 aromatic rings. The molecule has 2 aromatic carbocycles. The Morgan fingerprint density at radius 2 is 1.25 bits per heavy atom. The number of hydrogen-bond acceptors (Lipinski definition) is 5. The number of ether oxygens (including phenoxy) is 2. The lowest BCUT2D eigenvalue weighted by Gasteiger charge is -2.13. The van der Waals surface area contributed by atoms with Crippen LogP contribution in [0.25, 0.3) is 0 Å². The zero-order valence-electron chi connectivity index (χ0n) is 15.3. The van der Waals surface area contributed by atoms with Crippen molar-refractivity contribution in [1.29, 1.82) is 10.8 Å². The van der Waals surface area contributed by atoms with E-state index in [1.165, 1.54) is 0 Å². The van der Waals surface area contributed by atoms with E-state index in [1.54, 1.807) is 48.5 Å². The van der Waals surface area contributed by atoms with Crippen molar-refractivity contribution in [2.75, 3.05) is 13.2 Å². The van der Waals surface area contributed by atoms with Gasteiger partial charge in [0, 0.05) is 11.1 Å². The van der Waals surface area contributed by atoms with Crippen LogP contribution in [0.15, 0.2) is 48.5 Å². The first kappa shape index (κ1) is 25.5. The number of nitrogens with one attached hydrogen (secondary N) is 2. The minimum Gasteiger partial charge on any atom is -0.494 e. The van der Waals surface area contributed by atoms with E-state index in [0.717, 1.165) is 0 Å². The van der Waals surface area contributed by atoms with Crippen molar-refractivity contribution in [2.45, 2.75) is 18.9 Å². The van der Waals surface area contributed by atoms with Crippen LogP contribution in [0, 0.1) is 10.8 Å². The fourth-order valence-corrected chi connectivity index (χ4v) is 2.25. The maximum atomic E-state index is 9.98. The van der Waals surface area contributed by atoms with Gasteiger partial charge in [-0.25, -0.2) is 0 Å². The van der Waals surface area contributed by atoms with Gasteiger partial charge < -0.3 is 26.0 Å². The molecular weight excluding hydrogens is 403 g/mol. The van der Waals surface area contributed by atoms with Crippen LogP contribution in [0.1, 0.15) is 24.0 Å². The molecule has 154 valence electrons. The molecule has 1 unspecified atom stereocenters. The summed E-state index contributed by atoms with van der Waals surface area (Å²) in [6.07, 6.45) is 0.644. The highest BCUT2D eigenvalue weighted by molar-refractivity contribution is 5.95. The minimum atomic E-state index is -0.592. The van der Waals surface area contributed by atoms with Crippen molar-refractivity contribution in [3.05, 3.63) is 59.7 Å². The van der Waals surface area contributed by atoms with Crippen LogP contribution in [0.2, 0.25) is 0 Å². The summed E-state index contributed by atoms with van der Waals surface area (Å²) < 4.78 is 11.1. The third-order valence-corrected chi connectivity index (χ3v) is 3.72. The molecule has 0 aliphatic carbocycles. The van der Waals surface area contributed by atoms with Gasteiger partial charge in [0.05, 0.1) is 12.7 Å². The van der Waals surface area contributed by atoms with Crippen LogP contribution in [-0.4, -0.2) is 36.1 Å². The van der Waals surface area contributed by atoms with Crippen molar-refractivity contribution < 1.29 is 14.6 Å². The Hall–Kier alpha value is -2.48.